The monoisotopic (exact) mass is 281 g/mol. The molecule has 0 saturated carbocycles. The number of allylic oxidation sites excluding steroid dienone is 10. The molecule has 0 radical (unpaired) electrons. The van der Waals surface area contributed by atoms with Crippen LogP contribution in [0.25, 0.3) is 0 Å². The topological polar surface area (TPSA) is 3.24 Å². The van der Waals surface area contributed by atoms with Crippen molar-refractivity contribution in [3.05, 3.63) is 97.8 Å². The number of rotatable bonds is 9. The minimum atomic E-state index is 0.347. The van der Waals surface area contributed by atoms with E-state index in [-0.39, 0.29) is 0 Å². The van der Waals surface area contributed by atoms with Crippen LogP contribution in [0.15, 0.2) is 97.8 Å². The lowest BCUT2D eigenvalue weighted by molar-refractivity contribution is 0.527. The molecule has 0 N–H and O–H groups in total. The summed E-state index contributed by atoms with van der Waals surface area (Å²) >= 11 is 0. The molecule has 0 spiro atoms. The summed E-state index contributed by atoms with van der Waals surface area (Å²) in [4.78, 5) is 1.97. The highest BCUT2D eigenvalue weighted by atomic mass is 15.1. The van der Waals surface area contributed by atoms with E-state index in [0.717, 1.165) is 16.8 Å². The molecule has 0 bridgehead atoms. The molecular formula is C20H27N. The fourth-order valence-electron chi connectivity index (χ4n) is 1.45. The highest BCUT2D eigenvalue weighted by molar-refractivity contribution is 5.41. The molecule has 0 aromatic rings. The Hall–Kier alpha value is -2.28. The van der Waals surface area contributed by atoms with Gasteiger partial charge in [0.25, 0.3) is 0 Å². The quantitative estimate of drug-likeness (QED) is 0.413. The highest BCUT2D eigenvalue weighted by Crippen LogP contribution is 2.12. The Morgan fingerprint density at radius 2 is 1.71 bits per heavy atom. The normalized spacial score (nSPS) is 14.2. The third-order valence-corrected chi connectivity index (χ3v) is 2.93. The summed E-state index contributed by atoms with van der Waals surface area (Å²) in [5.74, 6) is 0.347. The first-order valence-electron chi connectivity index (χ1n) is 6.97. The average molecular weight is 281 g/mol. The number of likely N-dealkylation sites (N-methyl/N-ethyl adjacent to an activating group) is 1. The van der Waals surface area contributed by atoms with Gasteiger partial charge in [-0.3, -0.25) is 0 Å². The second kappa shape index (κ2) is 10.5. The van der Waals surface area contributed by atoms with E-state index in [1.54, 1.807) is 12.2 Å². The van der Waals surface area contributed by atoms with Gasteiger partial charge in [-0.25, -0.2) is 0 Å². The van der Waals surface area contributed by atoms with Crippen molar-refractivity contribution < 1.29 is 0 Å². The third-order valence-electron chi connectivity index (χ3n) is 2.93. The third kappa shape index (κ3) is 7.78. The van der Waals surface area contributed by atoms with Gasteiger partial charge < -0.3 is 4.90 Å². The average Bonchev–Trinajstić information content (AvgIpc) is 2.47. The van der Waals surface area contributed by atoms with Crippen molar-refractivity contribution >= 4 is 0 Å². The van der Waals surface area contributed by atoms with Gasteiger partial charge in [0, 0.05) is 19.8 Å². The SMILES string of the molecule is C=C/C=C(/C=C\C=C(/C=C)C(=C)N(C)C)\C=C\C(C)C=C. The van der Waals surface area contributed by atoms with E-state index in [1.165, 1.54) is 0 Å². The molecular weight excluding hydrogens is 254 g/mol. The maximum atomic E-state index is 4.03. The molecule has 1 atom stereocenters. The van der Waals surface area contributed by atoms with E-state index in [1.807, 2.05) is 49.4 Å². The summed E-state index contributed by atoms with van der Waals surface area (Å²) in [6.45, 7) is 17.5. The summed E-state index contributed by atoms with van der Waals surface area (Å²) in [6.07, 6.45) is 17.6. The molecule has 1 unspecified atom stereocenters. The predicted octanol–water partition coefficient (Wildman–Crippen LogP) is 5.22. The Morgan fingerprint density at radius 1 is 1.05 bits per heavy atom. The summed E-state index contributed by atoms with van der Waals surface area (Å²) < 4.78 is 0. The molecule has 0 saturated heterocycles. The van der Waals surface area contributed by atoms with Crippen LogP contribution in [-0.2, 0) is 0 Å². The van der Waals surface area contributed by atoms with Gasteiger partial charge >= 0.3 is 0 Å². The summed E-state index contributed by atoms with van der Waals surface area (Å²) in [5, 5.41) is 0. The maximum absolute atomic E-state index is 4.03. The molecule has 1 nitrogen and oxygen atoms in total. The van der Waals surface area contributed by atoms with E-state index in [9.17, 15) is 0 Å². The Labute approximate surface area is 130 Å². The Balaban J connectivity index is 5.10. The first-order chi connectivity index (χ1) is 9.96. The molecule has 0 aliphatic carbocycles. The first kappa shape index (κ1) is 18.7. The molecule has 1 heteroatoms. The van der Waals surface area contributed by atoms with Crippen LogP contribution >= 0.6 is 0 Å². The largest absolute Gasteiger partial charge is 0.378 e. The van der Waals surface area contributed by atoms with Crippen LogP contribution < -0.4 is 0 Å². The fraction of sp³-hybridized carbons (Fsp3) is 0.200. The van der Waals surface area contributed by atoms with E-state index in [2.05, 4.69) is 45.4 Å². The molecule has 0 rings (SSSR count). The van der Waals surface area contributed by atoms with Gasteiger partial charge in [0.15, 0.2) is 0 Å². The highest BCUT2D eigenvalue weighted by Gasteiger charge is 1.98. The van der Waals surface area contributed by atoms with Crippen LogP contribution in [0.5, 0.6) is 0 Å². The minimum Gasteiger partial charge on any atom is -0.378 e. The lowest BCUT2D eigenvalue weighted by Crippen LogP contribution is -2.10. The lowest BCUT2D eigenvalue weighted by Gasteiger charge is -2.15. The predicted molar refractivity (Wildman–Crippen MR) is 97.0 cm³/mol. The Morgan fingerprint density at radius 3 is 2.19 bits per heavy atom. The van der Waals surface area contributed by atoms with E-state index < -0.39 is 0 Å². The lowest BCUT2D eigenvalue weighted by atomic mass is 10.1. The molecule has 112 valence electrons. The van der Waals surface area contributed by atoms with Crippen LogP contribution in [0, 0.1) is 5.92 Å². The number of hydrogen-bond acceptors (Lipinski definition) is 1. The smallest absolute Gasteiger partial charge is 0.0361 e. The molecule has 0 fully saturated rings. The van der Waals surface area contributed by atoms with Gasteiger partial charge in [0.2, 0.25) is 0 Å². The van der Waals surface area contributed by atoms with Crippen molar-refractivity contribution in [2.24, 2.45) is 5.92 Å². The van der Waals surface area contributed by atoms with Crippen LogP contribution in [0.1, 0.15) is 6.92 Å². The van der Waals surface area contributed by atoms with Crippen molar-refractivity contribution in [3.63, 3.8) is 0 Å². The number of hydrogen-bond donors (Lipinski definition) is 0. The molecule has 0 aromatic heterocycles. The molecule has 0 aliphatic rings. The van der Waals surface area contributed by atoms with Crippen molar-refractivity contribution in [2.75, 3.05) is 14.1 Å². The van der Waals surface area contributed by atoms with Crippen LogP contribution in [0.4, 0.5) is 0 Å². The fourth-order valence-corrected chi connectivity index (χ4v) is 1.45. The van der Waals surface area contributed by atoms with Crippen molar-refractivity contribution in [2.45, 2.75) is 6.92 Å². The molecule has 0 aliphatic heterocycles. The van der Waals surface area contributed by atoms with Gasteiger partial charge in [-0.05, 0) is 17.1 Å². The van der Waals surface area contributed by atoms with Crippen molar-refractivity contribution in [3.8, 4) is 0 Å². The Bertz CT molecular complexity index is 496. The van der Waals surface area contributed by atoms with E-state index in [0.29, 0.717) is 5.92 Å². The zero-order valence-corrected chi connectivity index (χ0v) is 13.5. The molecule has 0 amide bonds. The Kier molecular flexibility index (Phi) is 9.36. The molecule has 0 aromatic carbocycles. The zero-order valence-electron chi connectivity index (χ0n) is 13.5. The van der Waals surface area contributed by atoms with Crippen molar-refractivity contribution in [1.29, 1.82) is 0 Å². The summed E-state index contributed by atoms with van der Waals surface area (Å²) in [5.41, 5.74) is 3.01. The van der Waals surface area contributed by atoms with E-state index in [4.69, 9.17) is 0 Å². The zero-order chi connectivity index (χ0) is 16.3. The second-order valence-electron chi connectivity index (χ2n) is 4.88. The minimum absolute atomic E-state index is 0.347. The van der Waals surface area contributed by atoms with Crippen LogP contribution in [0.3, 0.4) is 0 Å². The van der Waals surface area contributed by atoms with Gasteiger partial charge in [0.1, 0.15) is 0 Å². The first-order valence-corrected chi connectivity index (χ1v) is 6.97. The second-order valence-corrected chi connectivity index (χ2v) is 4.88. The maximum Gasteiger partial charge on any atom is 0.0361 e. The summed E-state index contributed by atoms with van der Waals surface area (Å²) in [7, 11) is 3.93. The number of nitrogens with zero attached hydrogens (tertiary/aromatic N) is 1. The van der Waals surface area contributed by atoms with E-state index >= 15 is 0 Å². The summed E-state index contributed by atoms with van der Waals surface area (Å²) in [6, 6.07) is 0. The standard InChI is InChI=1S/C20H27N/c1-8-12-19(16-15-17(4)9-2)13-11-14-20(10-3)18(5)21(6)7/h8-17H,1-3,5H2,4,6-7H3/b13-11-,16-15+,19-12-,20-14+. The molecule has 0 heterocycles. The van der Waals surface area contributed by atoms with Crippen molar-refractivity contribution in [1.82, 2.24) is 4.90 Å². The van der Waals surface area contributed by atoms with Gasteiger partial charge in [-0.1, -0.05) is 81.3 Å². The van der Waals surface area contributed by atoms with Crippen LogP contribution in [-0.4, -0.2) is 19.0 Å². The van der Waals surface area contributed by atoms with Gasteiger partial charge in [-0.15, -0.1) is 6.58 Å². The van der Waals surface area contributed by atoms with Crippen LogP contribution in [0.2, 0.25) is 0 Å². The van der Waals surface area contributed by atoms with Gasteiger partial charge in [-0.2, -0.15) is 0 Å². The van der Waals surface area contributed by atoms with Gasteiger partial charge in [0.05, 0.1) is 0 Å². The molecule has 21 heavy (non-hydrogen) atoms.